The molecular weight excluding hydrogens is 274 g/mol. The van der Waals surface area contributed by atoms with Crippen molar-refractivity contribution in [3.05, 3.63) is 39.3 Å². The number of thiophene rings is 1. The third-order valence-electron chi connectivity index (χ3n) is 3.27. The van der Waals surface area contributed by atoms with Crippen molar-refractivity contribution in [1.29, 1.82) is 0 Å². The first-order chi connectivity index (χ1) is 9.52. The van der Waals surface area contributed by atoms with E-state index in [1.165, 1.54) is 11.3 Å². The molecule has 20 heavy (non-hydrogen) atoms. The zero-order valence-electron chi connectivity index (χ0n) is 12.2. The summed E-state index contributed by atoms with van der Waals surface area (Å²) >= 11 is 1.45. The van der Waals surface area contributed by atoms with Crippen LogP contribution in [0.2, 0.25) is 0 Å². The molecule has 2 heterocycles. The topological polar surface area (TPSA) is 47.4 Å². The van der Waals surface area contributed by atoms with Gasteiger partial charge in [-0.2, -0.15) is 5.10 Å². The second-order valence-electron chi connectivity index (χ2n) is 4.79. The van der Waals surface area contributed by atoms with E-state index in [1.54, 1.807) is 12.0 Å². The molecule has 0 spiro atoms. The highest BCUT2D eigenvalue weighted by molar-refractivity contribution is 7.12. The Labute approximate surface area is 122 Å². The molecule has 0 atom stereocenters. The van der Waals surface area contributed by atoms with Crippen molar-refractivity contribution in [2.75, 3.05) is 14.2 Å². The molecular formula is C14H19N3O2S. The number of carbonyl (C=O) groups is 1. The maximum absolute atomic E-state index is 12.4. The van der Waals surface area contributed by atoms with E-state index in [9.17, 15) is 4.79 Å². The van der Waals surface area contributed by atoms with Gasteiger partial charge in [-0.05, 0) is 23.9 Å². The first-order valence-electron chi connectivity index (χ1n) is 6.32. The molecule has 2 rings (SSSR count). The first kappa shape index (κ1) is 14.7. The van der Waals surface area contributed by atoms with Gasteiger partial charge in [0, 0.05) is 39.0 Å². The van der Waals surface area contributed by atoms with Crippen LogP contribution in [0.15, 0.2) is 17.6 Å². The van der Waals surface area contributed by atoms with Gasteiger partial charge in [0.25, 0.3) is 5.91 Å². The summed E-state index contributed by atoms with van der Waals surface area (Å²) in [6.07, 6.45) is 1.81. The lowest BCUT2D eigenvalue weighted by atomic mass is 10.2. The summed E-state index contributed by atoms with van der Waals surface area (Å²) in [6.45, 7) is 3.10. The lowest BCUT2D eigenvalue weighted by Gasteiger charge is -2.15. The zero-order chi connectivity index (χ0) is 14.7. The minimum Gasteiger partial charge on any atom is -0.380 e. The van der Waals surface area contributed by atoms with Gasteiger partial charge in [-0.1, -0.05) is 0 Å². The van der Waals surface area contributed by atoms with Crippen LogP contribution in [0.25, 0.3) is 0 Å². The number of aryl methyl sites for hydroxylation is 1. The van der Waals surface area contributed by atoms with Crippen molar-refractivity contribution in [1.82, 2.24) is 14.7 Å². The van der Waals surface area contributed by atoms with Crippen LogP contribution in [0.3, 0.4) is 0 Å². The van der Waals surface area contributed by atoms with Crippen molar-refractivity contribution >= 4 is 17.2 Å². The van der Waals surface area contributed by atoms with Crippen LogP contribution in [0.5, 0.6) is 0 Å². The third kappa shape index (κ3) is 3.08. The first-order valence-corrected chi connectivity index (χ1v) is 7.20. The standard InChI is InChI=1S/C14H19N3O2S/c1-10-12(6-15-17(10)3)7-16(2)14(18)13-5-11(8-19-4)9-20-13/h5-6,9H,7-8H2,1-4H3. The molecule has 0 bridgehead atoms. The van der Waals surface area contributed by atoms with E-state index in [0.29, 0.717) is 13.2 Å². The number of nitrogens with zero attached hydrogens (tertiary/aromatic N) is 3. The molecule has 0 saturated heterocycles. The molecule has 1 amide bonds. The minimum absolute atomic E-state index is 0.0283. The summed E-state index contributed by atoms with van der Waals surface area (Å²) in [5.74, 6) is 0.0283. The Bertz CT molecular complexity index is 603. The van der Waals surface area contributed by atoms with Crippen LogP contribution in [0.4, 0.5) is 0 Å². The molecule has 6 heteroatoms. The molecule has 2 aromatic heterocycles. The number of hydrogen-bond acceptors (Lipinski definition) is 4. The highest BCUT2D eigenvalue weighted by Crippen LogP contribution is 2.18. The lowest BCUT2D eigenvalue weighted by Crippen LogP contribution is -2.25. The summed E-state index contributed by atoms with van der Waals surface area (Å²) < 4.78 is 6.88. The van der Waals surface area contributed by atoms with E-state index < -0.39 is 0 Å². The Balaban J connectivity index is 2.06. The van der Waals surface area contributed by atoms with Crippen LogP contribution < -0.4 is 0 Å². The Kier molecular flexibility index (Phi) is 4.57. The molecule has 2 aromatic rings. The number of hydrogen-bond donors (Lipinski definition) is 0. The molecule has 0 radical (unpaired) electrons. The molecule has 0 saturated carbocycles. The van der Waals surface area contributed by atoms with Crippen molar-refractivity contribution in [3.63, 3.8) is 0 Å². The monoisotopic (exact) mass is 293 g/mol. The van der Waals surface area contributed by atoms with Gasteiger partial charge in [0.15, 0.2) is 0 Å². The fourth-order valence-corrected chi connectivity index (χ4v) is 2.84. The van der Waals surface area contributed by atoms with E-state index in [0.717, 1.165) is 21.7 Å². The fraction of sp³-hybridized carbons (Fsp3) is 0.429. The number of amides is 1. The van der Waals surface area contributed by atoms with Gasteiger partial charge in [-0.3, -0.25) is 9.48 Å². The van der Waals surface area contributed by atoms with Gasteiger partial charge in [0.05, 0.1) is 17.7 Å². The second kappa shape index (κ2) is 6.19. The number of ether oxygens (including phenoxy) is 1. The molecule has 0 fully saturated rings. The van der Waals surface area contributed by atoms with Crippen LogP contribution >= 0.6 is 11.3 Å². The largest absolute Gasteiger partial charge is 0.380 e. The fourth-order valence-electron chi connectivity index (χ4n) is 1.94. The molecule has 108 valence electrons. The van der Waals surface area contributed by atoms with Crippen molar-refractivity contribution < 1.29 is 9.53 Å². The highest BCUT2D eigenvalue weighted by Gasteiger charge is 2.16. The van der Waals surface area contributed by atoms with Gasteiger partial charge in [-0.25, -0.2) is 0 Å². The Morgan fingerprint density at radius 2 is 2.30 bits per heavy atom. The predicted octanol–water partition coefficient (Wildman–Crippen LogP) is 2.21. The van der Waals surface area contributed by atoms with Gasteiger partial charge in [0.1, 0.15) is 0 Å². The van der Waals surface area contributed by atoms with Crippen molar-refractivity contribution in [2.45, 2.75) is 20.1 Å². The highest BCUT2D eigenvalue weighted by atomic mass is 32.1. The molecule has 0 aromatic carbocycles. The van der Waals surface area contributed by atoms with E-state index in [-0.39, 0.29) is 5.91 Å². The molecule has 0 aliphatic carbocycles. The molecule has 0 N–H and O–H groups in total. The summed E-state index contributed by atoms with van der Waals surface area (Å²) in [4.78, 5) is 14.8. The van der Waals surface area contributed by atoms with Gasteiger partial charge >= 0.3 is 0 Å². The van der Waals surface area contributed by atoms with Crippen LogP contribution in [-0.4, -0.2) is 34.7 Å². The lowest BCUT2D eigenvalue weighted by molar-refractivity contribution is 0.0789. The Hall–Kier alpha value is -1.66. The predicted molar refractivity (Wildman–Crippen MR) is 78.8 cm³/mol. The van der Waals surface area contributed by atoms with Crippen molar-refractivity contribution in [3.8, 4) is 0 Å². The second-order valence-corrected chi connectivity index (χ2v) is 5.70. The summed E-state index contributed by atoms with van der Waals surface area (Å²) in [5, 5.41) is 6.15. The minimum atomic E-state index is 0.0283. The number of methoxy groups -OCH3 is 1. The van der Waals surface area contributed by atoms with E-state index in [2.05, 4.69) is 5.10 Å². The Morgan fingerprint density at radius 1 is 1.55 bits per heavy atom. The van der Waals surface area contributed by atoms with E-state index in [1.807, 2.05) is 43.3 Å². The quantitative estimate of drug-likeness (QED) is 0.849. The summed E-state index contributed by atoms with van der Waals surface area (Å²) in [7, 11) is 5.36. The van der Waals surface area contributed by atoms with Crippen LogP contribution in [0, 0.1) is 6.92 Å². The maximum atomic E-state index is 12.4. The molecule has 0 unspecified atom stereocenters. The SMILES string of the molecule is COCc1csc(C(=O)N(C)Cc2cnn(C)c2C)c1. The van der Waals surface area contributed by atoms with Gasteiger partial charge < -0.3 is 9.64 Å². The number of carbonyl (C=O) groups excluding carboxylic acids is 1. The van der Waals surface area contributed by atoms with Crippen LogP contribution in [0.1, 0.15) is 26.5 Å². The number of aromatic nitrogens is 2. The molecule has 0 aliphatic rings. The summed E-state index contributed by atoms with van der Waals surface area (Å²) in [6, 6.07) is 1.89. The normalized spacial score (nSPS) is 10.8. The third-order valence-corrected chi connectivity index (χ3v) is 4.23. The maximum Gasteiger partial charge on any atom is 0.263 e. The zero-order valence-corrected chi connectivity index (χ0v) is 13.0. The number of rotatable bonds is 5. The molecule has 0 aliphatic heterocycles. The van der Waals surface area contributed by atoms with Crippen LogP contribution in [-0.2, 0) is 24.9 Å². The average Bonchev–Trinajstić information content (AvgIpc) is 3.00. The van der Waals surface area contributed by atoms with Gasteiger partial charge in [-0.15, -0.1) is 11.3 Å². The smallest absolute Gasteiger partial charge is 0.263 e. The Morgan fingerprint density at radius 3 is 2.90 bits per heavy atom. The van der Waals surface area contributed by atoms with Crippen molar-refractivity contribution in [2.24, 2.45) is 7.05 Å². The summed E-state index contributed by atoms with van der Waals surface area (Å²) in [5.41, 5.74) is 3.18. The molecule has 5 nitrogen and oxygen atoms in total. The van der Waals surface area contributed by atoms with Gasteiger partial charge in [0.2, 0.25) is 0 Å². The van der Waals surface area contributed by atoms with E-state index in [4.69, 9.17) is 4.74 Å². The van der Waals surface area contributed by atoms with E-state index >= 15 is 0 Å². The average molecular weight is 293 g/mol.